The highest BCUT2D eigenvalue weighted by atomic mass is 35.5. The zero-order chi connectivity index (χ0) is 8.39. The maximum Gasteiger partial charge on any atom is 0.141 e. The molecule has 0 aromatic carbocycles. The van der Waals surface area contributed by atoms with Crippen LogP contribution in [0.25, 0.3) is 0 Å². The molecule has 1 fully saturated rings. The molecule has 2 heterocycles. The lowest BCUT2D eigenvalue weighted by Gasteiger charge is -2.28. The van der Waals surface area contributed by atoms with Gasteiger partial charge in [0.15, 0.2) is 0 Å². The normalized spacial score (nSPS) is 14.6. The Morgan fingerprint density at radius 2 is 2.14 bits per heavy atom. The van der Waals surface area contributed by atoms with Crippen LogP contribution in [0.15, 0.2) is 18.3 Å². The lowest BCUT2D eigenvalue weighted by Crippen LogP contribution is -2.50. The van der Waals surface area contributed by atoms with Gasteiger partial charge in [-0.3, -0.25) is 4.98 Å². The highest BCUT2D eigenvalue weighted by Gasteiger charge is 2.18. The van der Waals surface area contributed by atoms with Crippen LogP contribution in [0.2, 0.25) is 0 Å². The molecule has 80 valence electrons. The van der Waals surface area contributed by atoms with Crippen LogP contribution in [-0.4, -0.2) is 24.2 Å². The second-order valence-corrected chi connectivity index (χ2v) is 2.99. The van der Waals surface area contributed by atoms with Crippen LogP contribution in [0.5, 0.6) is 5.75 Å². The number of hydrogen-bond donors (Lipinski definition) is 1. The molecule has 0 amide bonds. The monoisotopic (exact) mass is 236 g/mol. The van der Waals surface area contributed by atoms with E-state index >= 15 is 0 Å². The molecule has 14 heavy (non-hydrogen) atoms. The summed E-state index contributed by atoms with van der Waals surface area (Å²) >= 11 is 0. The van der Waals surface area contributed by atoms with E-state index in [1.54, 1.807) is 6.20 Å². The number of ether oxygens (including phenoxy) is 1. The van der Waals surface area contributed by atoms with E-state index < -0.39 is 0 Å². The Bertz CT molecular complexity index is 279. The third-order valence-electron chi connectivity index (χ3n) is 2.00. The molecule has 0 unspecified atom stereocenters. The van der Waals surface area contributed by atoms with Crippen LogP contribution in [0.4, 0.5) is 0 Å². The number of pyridine rings is 1. The van der Waals surface area contributed by atoms with Crippen molar-refractivity contribution in [3.63, 3.8) is 0 Å². The van der Waals surface area contributed by atoms with Crippen LogP contribution in [0.3, 0.4) is 0 Å². The predicted molar refractivity (Wildman–Crippen MR) is 60.8 cm³/mol. The molecular weight excluding hydrogens is 223 g/mol. The van der Waals surface area contributed by atoms with Gasteiger partial charge in [0, 0.05) is 19.3 Å². The first kappa shape index (κ1) is 13.5. The highest BCUT2D eigenvalue weighted by Crippen LogP contribution is 2.16. The molecule has 2 rings (SSSR count). The van der Waals surface area contributed by atoms with Crippen molar-refractivity contribution < 1.29 is 4.74 Å². The summed E-state index contributed by atoms with van der Waals surface area (Å²) in [6, 6.07) is 3.86. The molecule has 0 spiro atoms. The van der Waals surface area contributed by atoms with E-state index in [0.717, 1.165) is 24.5 Å². The quantitative estimate of drug-likeness (QED) is 0.848. The van der Waals surface area contributed by atoms with Crippen molar-refractivity contribution in [3.05, 3.63) is 24.0 Å². The van der Waals surface area contributed by atoms with E-state index in [-0.39, 0.29) is 24.8 Å². The number of rotatable bonds is 2. The molecule has 0 bridgehead atoms. The molecule has 5 heteroatoms. The first-order valence-electron chi connectivity index (χ1n) is 4.15. The van der Waals surface area contributed by atoms with E-state index in [9.17, 15) is 0 Å². The van der Waals surface area contributed by atoms with Crippen molar-refractivity contribution in [3.8, 4) is 5.75 Å². The fraction of sp³-hybridized carbons (Fsp3) is 0.444. The fourth-order valence-corrected chi connectivity index (χ4v) is 1.12. The van der Waals surface area contributed by atoms with Crippen LogP contribution in [-0.2, 0) is 0 Å². The SMILES string of the molecule is Cc1ncccc1OC1CNC1.Cl.Cl. The maximum absolute atomic E-state index is 5.66. The van der Waals surface area contributed by atoms with Gasteiger partial charge in [0.2, 0.25) is 0 Å². The number of hydrogen-bond acceptors (Lipinski definition) is 3. The van der Waals surface area contributed by atoms with Gasteiger partial charge in [-0.15, -0.1) is 24.8 Å². The molecular formula is C9H14Cl2N2O. The second kappa shape index (κ2) is 6.06. The fourth-order valence-electron chi connectivity index (χ4n) is 1.12. The Kier molecular flexibility index (Phi) is 5.84. The lowest BCUT2D eigenvalue weighted by molar-refractivity contribution is 0.140. The summed E-state index contributed by atoms with van der Waals surface area (Å²) in [4.78, 5) is 4.15. The first-order chi connectivity index (χ1) is 5.86. The predicted octanol–water partition coefficient (Wildman–Crippen LogP) is 1.58. The summed E-state index contributed by atoms with van der Waals surface area (Å²) in [6.07, 6.45) is 2.12. The summed E-state index contributed by atoms with van der Waals surface area (Å²) in [7, 11) is 0. The third kappa shape index (κ3) is 3.01. The Labute approximate surface area is 96.1 Å². The van der Waals surface area contributed by atoms with Crippen LogP contribution in [0.1, 0.15) is 5.69 Å². The van der Waals surface area contributed by atoms with E-state index in [2.05, 4.69) is 10.3 Å². The molecule has 0 atom stereocenters. The van der Waals surface area contributed by atoms with Crippen LogP contribution in [0, 0.1) is 6.92 Å². The molecule has 1 aliphatic heterocycles. The van der Waals surface area contributed by atoms with Gasteiger partial charge in [-0.25, -0.2) is 0 Å². The van der Waals surface area contributed by atoms with Gasteiger partial charge in [0.1, 0.15) is 11.9 Å². The smallest absolute Gasteiger partial charge is 0.141 e. The molecule has 0 radical (unpaired) electrons. The van der Waals surface area contributed by atoms with Crippen molar-refractivity contribution in [2.75, 3.05) is 13.1 Å². The van der Waals surface area contributed by atoms with Crippen LogP contribution < -0.4 is 10.1 Å². The van der Waals surface area contributed by atoms with E-state index in [1.807, 2.05) is 19.1 Å². The second-order valence-electron chi connectivity index (χ2n) is 2.99. The van der Waals surface area contributed by atoms with Gasteiger partial charge in [0.25, 0.3) is 0 Å². The molecule has 1 saturated heterocycles. The summed E-state index contributed by atoms with van der Waals surface area (Å²) in [6.45, 7) is 3.87. The molecule has 3 nitrogen and oxygen atoms in total. The summed E-state index contributed by atoms with van der Waals surface area (Å²) < 4.78 is 5.66. The van der Waals surface area contributed by atoms with E-state index in [4.69, 9.17) is 4.74 Å². The molecule has 1 aromatic rings. The van der Waals surface area contributed by atoms with Crippen LogP contribution >= 0.6 is 24.8 Å². The minimum atomic E-state index is 0. The van der Waals surface area contributed by atoms with Crippen molar-refractivity contribution in [1.29, 1.82) is 0 Å². The topological polar surface area (TPSA) is 34.1 Å². The van der Waals surface area contributed by atoms with Gasteiger partial charge in [-0.05, 0) is 19.1 Å². The van der Waals surface area contributed by atoms with Gasteiger partial charge >= 0.3 is 0 Å². The number of aryl methyl sites for hydroxylation is 1. The van der Waals surface area contributed by atoms with Crippen molar-refractivity contribution in [1.82, 2.24) is 10.3 Å². The molecule has 0 saturated carbocycles. The Balaban J connectivity index is 0.000000845. The maximum atomic E-state index is 5.66. The van der Waals surface area contributed by atoms with Gasteiger partial charge in [-0.2, -0.15) is 0 Å². The summed E-state index contributed by atoms with van der Waals surface area (Å²) in [5.74, 6) is 0.906. The van der Waals surface area contributed by atoms with Crippen molar-refractivity contribution in [2.24, 2.45) is 0 Å². The first-order valence-corrected chi connectivity index (χ1v) is 4.15. The Morgan fingerprint density at radius 1 is 1.43 bits per heavy atom. The zero-order valence-corrected chi connectivity index (χ0v) is 9.53. The summed E-state index contributed by atoms with van der Waals surface area (Å²) in [5.41, 5.74) is 0.962. The van der Waals surface area contributed by atoms with Gasteiger partial charge < -0.3 is 10.1 Å². The van der Waals surface area contributed by atoms with Gasteiger partial charge in [0.05, 0.1) is 5.69 Å². The largest absolute Gasteiger partial charge is 0.486 e. The minimum Gasteiger partial charge on any atom is -0.486 e. The highest BCUT2D eigenvalue weighted by molar-refractivity contribution is 5.85. The van der Waals surface area contributed by atoms with E-state index in [1.165, 1.54) is 0 Å². The average Bonchev–Trinajstić information content (AvgIpc) is 2.00. The number of nitrogens with one attached hydrogen (secondary N) is 1. The Hall–Kier alpha value is -0.510. The number of halogens is 2. The van der Waals surface area contributed by atoms with Gasteiger partial charge in [-0.1, -0.05) is 0 Å². The standard InChI is InChI=1S/C9H12N2O.2ClH/c1-7-9(3-2-4-11-7)12-8-5-10-6-8;;/h2-4,8,10H,5-6H2,1H3;2*1H. The molecule has 0 aliphatic carbocycles. The lowest BCUT2D eigenvalue weighted by atomic mass is 10.2. The summed E-state index contributed by atoms with van der Waals surface area (Å²) in [5, 5.41) is 3.16. The van der Waals surface area contributed by atoms with E-state index in [0.29, 0.717) is 6.10 Å². The number of nitrogens with zero attached hydrogens (tertiary/aromatic N) is 1. The molecule has 1 aliphatic rings. The molecule has 1 N–H and O–H groups in total. The Morgan fingerprint density at radius 3 is 2.64 bits per heavy atom. The molecule has 1 aromatic heterocycles. The third-order valence-corrected chi connectivity index (χ3v) is 2.00. The minimum absolute atomic E-state index is 0. The van der Waals surface area contributed by atoms with Crippen molar-refractivity contribution in [2.45, 2.75) is 13.0 Å². The number of aromatic nitrogens is 1. The van der Waals surface area contributed by atoms with Crippen molar-refractivity contribution >= 4 is 24.8 Å². The zero-order valence-electron chi connectivity index (χ0n) is 7.90. The average molecular weight is 237 g/mol.